The molecule has 2 saturated carbocycles. The highest BCUT2D eigenvalue weighted by atomic mass is 35.5. The van der Waals surface area contributed by atoms with Gasteiger partial charge in [0, 0.05) is 29.6 Å². The molecule has 5 rings (SSSR count). The van der Waals surface area contributed by atoms with Gasteiger partial charge in [0.05, 0.1) is 19.1 Å². The molecule has 4 aliphatic rings. The number of aliphatic hydroxyl groups is 1. The van der Waals surface area contributed by atoms with Gasteiger partial charge in [0.1, 0.15) is 12.1 Å². The molecule has 13 heteroatoms. The largest absolute Gasteiger partial charge is 0.439 e. The molecule has 5 atom stereocenters. The topological polar surface area (TPSA) is 157 Å². The number of halogens is 1. The summed E-state index contributed by atoms with van der Waals surface area (Å²) in [6.07, 6.45) is 6.14. The van der Waals surface area contributed by atoms with E-state index in [0.717, 1.165) is 38.5 Å². The maximum Gasteiger partial charge on any atom is 0.415 e. The lowest BCUT2D eigenvalue weighted by Gasteiger charge is -2.36. The number of nitrogens with one attached hydrogen (secondary N) is 3. The second-order valence-corrected chi connectivity index (χ2v) is 15.9. The molecule has 1 aromatic rings. The van der Waals surface area contributed by atoms with Gasteiger partial charge in [-0.2, -0.15) is 0 Å². The van der Waals surface area contributed by atoms with Crippen molar-refractivity contribution < 1.29 is 33.8 Å². The summed E-state index contributed by atoms with van der Waals surface area (Å²) in [5.74, 6) is -1.51. The summed E-state index contributed by atoms with van der Waals surface area (Å²) in [6.45, 7) is 7.46. The maximum atomic E-state index is 14.6. The number of hydrogen-bond acceptors (Lipinski definition) is 7. The van der Waals surface area contributed by atoms with Crippen molar-refractivity contribution in [1.29, 1.82) is 0 Å². The molecule has 270 valence electrons. The van der Waals surface area contributed by atoms with Gasteiger partial charge in [-0.3, -0.25) is 24.1 Å². The third-order valence-corrected chi connectivity index (χ3v) is 10.4. The van der Waals surface area contributed by atoms with Crippen LogP contribution in [-0.4, -0.2) is 88.7 Å². The molecule has 1 aromatic carbocycles. The molecule has 2 aliphatic carbocycles. The number of ether oxygens (including phenoxy) is 1. The molecule has 1 spiro atoms. The number of hydrogen-bond donors (Lipinski definition) is 4. The van der Waals surface area contributed by atoms with Crippen LogP contribution in [0.4, 0.5) is 10.5 Å². The van der Waals surface area contributed by atoms with E-state index < -0.39 is 59.1 Å². The molecule has 49 heavy (non-hydrogen) atoms. The summed E-state index contributed by atoms with van der Waals surface area (Å²) in [4.78, 5) is 71.0. The second-order valence-electron chi connectivity index (χ2n) is 15.5. The smallest absolute Gasteiger partial charge is 0.415 e. The van der Waals surface area contributed by atoms with Gasteiger partial charge in [-0.15, -0.1) is 0 Å². The lowest BCUT2D eigenvalue weighted by molar-refractivity contribution is -0.145. The maximum absolute atomic E-state index is 14.6. The number of rotatable bonds is 12. The van der Waals surface area contributed by atoms with Crippen molar-refractivity contribution in [2.75, 3.05) is 18.0 Å². The monoisotopic (exact) mass is 701 g/mol. The number of anilines is 1. The average molecular weight is 702 g/mol. The highest BCUT2D eigenvalue weighted by molar-refractivity contribution is 6.30. The standard InChI is InChI=1S/C36H52ClN5O7/c1-5-10-26(29(44)32(46)38-24-15-16-24)39-31(45)27-19-36(20-41(34(48)49-36)25-14-9-13-23(37)18-25)21-42(27)33(47)30(35(2,3)4)40-28(43)17-22-11-7-6-8-12-22/h9,13-14,18,22,24,26-27,29-30,44H,5-8,10-12,15-17,19-21H2,1-4H3,(H,38,46)(H,39,45)(H,40,43)/t26-,27-,29?,30+,36-/m0/s1. The lowest BCUT2D eigenvalue weighted by Crippen LogP contribution is -2.59. The minimum Gasteiger partial charge on any atom is -0.439 e. The Morgan fingerprint density at radius 3 is 2.41 bits per heavy atom. The molecule has 2 saturated heterocycles. The van der Waals surface area contributed by atoms with E-state index in [4.69, 9.17) is 16.3 Å². The van der Waals surface area contributed by atoms with Crippen molar-refractivity contribution in [3.63, 3.8) is 0 Å². The Morgan fingerprint density at radius 1 is 1.06 bits per heavy atom. The highest BCUT2D eigenvalue weighted by Gasteiger charge is 2.58. The first-order chi connectivity index (χ1) is 23.2. The number of benzene rings is 1. The van der Waals surface area contributed by atoms with Crippen LogP contribution in [0.1, 0.15) is 98.3 Å². The number of amides is 5. The van der Waals surface area contributed by atoms with Crippen LogP contribution >= 0.6 is 11.6 Å². The van der Waals surface area contributed by atoms with E-state index in [9.17, 15) is 29.1 Å². The summed E-state index contributed by atoms with van der Waals surface area (Å²) >= 11 is 6.22. The first kappa shape index (κ1) is 36.9. The van der Waals surface area contributed by atoms with Gasteiger partial charge in [0.2, 0.25) is 17.7 Å². The van der Waals surface area contributed by atoms with Gasteiger partial charge in [0.25, 0.3) is 5.91 Å². The zero-order chi connectivity index (χ0) is 35.5. The Labute approximate surface area is 294 Å². The van der Waals surface area contributed by atoms with Gasteiger partial charge in [-0.05, 0) is 61.6 Å². The van der Waals surface area contributed by atoms with Crippen molar-refractivity contribution in [2.45, 2.75) is 134 Å². The van der Waals surface area contributed by atoms with Crippen molar-refractivity contribution in [3.8, 4) is 0 Å². The number of aliphatic hydroxyl groups excluding tert-OH is 1. The first-order valence-corrected chi connectivity index (χ1v) is 18.2. The van der Waals surface area contributed by atoms with E-state index in [2.05, 4.69) is 16.0 Å². The molecule has 4 fully saturated rings. The van der Waals surface area contributed by atoms with Crippen LogP contribution < -0.4 is 20.9 Å². The molecular weight excluding hydrogens is 650 g/mol. The Kier molecular flexibility index (Phi) is 11.5. The van der Waals surface area contributed by atoms with Crippen molar-refractivity contribution in [1.82, 2.24) is 20.9 Å². The quantitative estimate of drug-likeness (QED) is 0.256. The molecule has 0 bridgehead atoms. The summed E-state index contributed by atoms with van der Waals surface area (Å²) < 4.78 is 5.98. The molecule has 0 radical (unpaired) electrons. The Morgan fingerprint density at radius 2 is 1.78 bits per heavy atom. The first-order valence-electron chi connectivity index (χ1n) is 17.8. The molecular formula is C36H52ClN5O7. The number of carbonyl (C=O) groups excluding carboxylic acids is 5. The predicted molar refractivity (Wildman–Crippen MR) is 185 cm³/mol. The van der Waals surface area contributed by atoms with E-state index in [1.54, 1.807) is 24.3 Å². The van der Waals surface area contributed by atoms with Crippen LogP contribution in [0.3, 0.4) is 0 Å². The van der Waals surface area contributed by atoms with E-state index in [1.807, 2.05) is 27.7 Å². The number of carbonyl (C=O) groups is 5. The number of likely N-dealkylation sites (tertiary alicyclic amines) is 1. The van der Waals surface area contributed by atoms with Gasteiger partial charge in [-0.25, -0.2) is 4.79 Å². The normalized spacial score (nSPS) is 24.7. The van der Waals surface area contributed by atoms with Crippen molar-refractivity contribution in [2.24, 2.45) is 11.3 Å². The van der Waals surface area contributed by atoms with Crippen LogP contribution in [-0.2, 0) is 23.9 Å². The summed E-state index contributed by atoms with van der Waals surface area (Å²) in [5.41, 5.74) is -1.42. The van der Waals surface area contributed by atoms with Crippen LogP contribution in [0, 0.1) is 11.3 Å². The fourth-order valence-electron chi connectivity index (χ4n) is 7.35. The Bertz CT molecular complexity index is 1410. The zero-order valence-electron chi connectivity index (χ0n) is 29.1. The van der Waals surface area contributed by atoms with Crippen molar-refractivity contribution >= 4 is 47.0 Å². The minimum absolute atomic E-state index is 0.0104. The molecule has 1 unspecified atom stereocenters. The van der Waals surface area contributed by atoms with Crippen LogP contribution in [0.2, 0.25) is 5.02 Å². The van der Waals surface area contributed by atoms with Gasteiger partial charge >= 0.3 is 6.09 Å². The number of nitrogens with zero attached hydrogens (tertiary/aromatic N) is 2. The van der Waals surface area contributed by atoms with E-state index in [0.29, 0.717) is 30.0 Å². The summed E-state index contributed by atoms with van der Waals surface area (Å²) in [5, 5.41) is 20.1. The SMILES string of the molecule is CCC[C@H](NC(=O)[C@@H]1C[C@]2(CN(c3cccc(Cl)c3)C(=O)O2)CN1C(=O)[C@@H](NC(=O)CC1CCCCC1)C(C)(C)C)C(O)C(=O)NC1CC1. The molecule has 2 heterocycles. The predicted octanol–water partition coefficient (Wildman–Crippen LogP) is 4.06. The van der Waals surface area contributed by atoms with Crippen LogP contribution in [0.15, 0.2) is 24.3 Å². The summed E-state index contributed by atoms with van der Waals surface area (Å²) in [6, 6.07) is 3.87. The fraction of sp³-hybridized carbons (Fsp3) is 0.694. The van der Waals surface area contributed by atoms with Gasteiger partial charge in [-0.1, -0.05) is 71.0 Å². The van der Waals surface area contributed by atoms with Crippen molar-refractivity contribution in [3.05, 3.63) is 29.3 Å². The van der Waals surface area contributed by atoms with E-state index >= 15 is 0 Å². The van der Waals surface area contributed by atoms with E-state index in [-0.39, 0.29) is 37.4 Å². The molecule has 0 aromatic heterocycles. The second kappa shape index (κ2) is 15.2. The van der Waals surface area contributed by atoms with Gasteiger partial charge < -0.3 is 30.7 Å². The third kappa shape index (κ3) is 9.05. The van der Waals surface area contributed by atoms with E-state index in [1.165, 1.54) is 16.2 Å². The minimum atomic E-state index is -1.48. The van der Waals surface area contributed by atoms with Gasteiger partial charge in [0.15, 0.2) is 11.7 Å². The Balaban J connectivity index is 1.40. The third-order valence-electron chi connectivity index (χ3n) is 10.2. The highest BCUT2D eigenvalue weighted by Crippen LogP contribution is 2.40. The average Bonchev–Trinajstić information content (AvgIpc) is 3.70. The Hall–Kier alpha value is -3.38. The lowest BCUT2D eigenvalue weighted by atomic mass is 9.84. The molecule has 12 nitrogen and oxygen atoms in total. The summed E-state index contributed by atoms with van der Waals surface area (Å²) in [7, 11) is 0. The molecule has 4 N–H and O–H groups in total. The molecule has 2 aliphatic heterocycles. The fourth-order valence-corrected chi connectivity index (χ4v) is 7.54. The van der Waals surface area contributed by atoms with Crippen LogP contribution in [0.25, 0.3) is 0 Å². The molecule has 5 amide bonds. The zero-order valence-corrected chi connectivity index (χ0v) is 29.9. The van der Waals surface area contributed by atoms with Crippen LogP contribution in [0.5, 0.6) is 0 Å².